The average Bonchev–Trinajstić information content (AvgIpc) is 3.17. The number of likely N-dealkylation sites (tertiary alicyclic amines) is 1. The lowest BCUT2D eigenvalue weighted by Crippen LogP contribution is -2.32. The van der Waals surface area contributed by atoms with Gasteiger partial charge < -0.3 is 29.3 Å². The third kappa shape index (κ3) is 5.54. The highest BCUT2D eigenvalue weighted by Gasteiger charge is 2.46. The van der Waals surface area contributed by atoms with Crippen molar-refractivity contribution in [3.63, 3.8) is 0 Å². The van der Waals surface area contributed by atoms with Crippen LogP contribution in [0, 0.1) is 6.92 Å². The third-order valence-corrected chi connectivity index (χ3v) is 6.88. The zero-order valence-corrected chi connectivity index (χ0v) is 22.8. The van der Waals surface area contributed by atoms with Gasteiger partial charge in [0.2, 0.25) is 0 Å². The molecule has 4 rings (SSSR count). The Labute approximate surface area is 229 Å². The SMILES string of the molecule is COCCN1C(=O)C(=O)/C(=C(/O)c2ccc(OCc3cccc(C)c3)cc2)C1c1cc(Br)c(O)c(OC)c1. The number of halogens is 1. The van der Waals surface area contributed by atoms with Gasteiger partial charge in [-0.2, -0.15) is 0 Å². The maximum atomic E-state index is 13.2. The van der Waals surface area contributed by atoms with Crippen molar-refractivity contribution in [2.24, 2.45) is 0 Å². The van der Waals surface area contributed by atoms with E-state index >= 15 is 0 Å². The molecule has 0 aliphatic carbocycles. The minimum Gasteiger partial charge on any atom is -0.507 e. The summed E-state index contributed by atoms with van der Waals surface area (Å²) in [6.45, 7) is 2.71. The van der Waals surface area contributed by atoms with Crippen molar-refractivity contribution in [3.05, 3.63) is 93.0 Å². The summed E-state index contributed by atoms with van der Waals surface area (Å²) in [5.74, 6) is -1.26. The van der Waals surface area contributed by atoms with Crippen LogP contribution in [0.4, 0.5) is 0 Å². The number of Topliss-reactive ketones (excluding diaryl/α,β-unsaturated/α-hetero) is 1. The number of rotatable bonds is 9. The summed E-state index contributed by atoms with van der Waals surface area (Å²) in [5.41, 5.74) is 2.93. The lowest BCUT2D eigenvalue weighted by Gasteiger charge is -2.25. The number of aliphatic hydroxyl groups excluding tert-OH is 1. The molecule has 3 aromatic carbocycles. The number of hydrogen-bond donors (Lipinski definition) is 2. The number of ketones is 1. The molecule has 1 saturated heterocycles. The Hall–Kier alpha value is -3.82. The van der Waals surface area contributed by atoms with Crippen LogP contribution in [0.2, 0.25) is 0 Å². The van der Waals surface area contributed by atoms with Crippen molar-refractivity contribution in [2.45, 2.75) is 19.6 Å². The van der Waals surface area contributed by atoms with Crippen molar-refractivity contribution < 1.29 is 34.0 Å². The highest BCUT2D eigenvalue weighted by molar-refractivity contribution is 9.10. The number of phenols is 1. The van der Waals surface area contributed by atoms with Crippen LogP contribution in [-0.2, 0) is 20.9 Å². The minimum absolute atomic E-state index is 0.0702. The van der Waals surface area contributed by atoms with E-state index < -0.39 is 17.7 Å². The molecule has 1 aliphatic rings. The fraction of sp³-hybridized carbons (Fsp3) is 0.241. The first-order valence-corrected chi connectivity index (χ1v) is 12.7. The van der Waals surface area contributed by atoms with E-state index in [0.717, 1.165) is 11.1 Å². The standard InChI is InChI=1S/C29H28BrNO7/c1-17-5-4-6-18(13-17)16-38-21-9-7-19(8-10-21)26(32)24-25(31(11-12-36-2)29(35)28(24)34)20-14-22(30)27(33)23(15-20)37-3/h4-10,13-15,25,32-33H,11-12,16H2,1-3H3/b26-24+. The molecule has 1 amide bonds. The van der Waals surface area contributed by atoms with Gasteiger partial charge >= 0.3 is 0 Å². The molecule has 0 bridgehead atoms. The van der Waals surface area contributed by atoms with Gasteiger partial charge in [0.1, 0.15) is 18.1 Å². The van der Waals surface area contributed by atoms with Crippen LogP contribution in [0.3, 0.4) is 0 Å². The average molecular weight is 582 g/mol. The second-order valence-corrected chi connectivity index (χ2v) is 9.70. The maximum Gasteiger partial charge on any atom is 0.295 e. The molecule has 38 heavy (non-hydrogen) atoms. The van der Waals surface area contributed by atoms with Gasteiger partial charge in [0.05, 0.1) is 29.8 Å². The Bertz CT molecular complexity index is 1380. The number of hydrogen-bond acceptors (Lipinski definition) is 7. The summed E-state index contributed by atoms with van der Waals surface area (Å²) in [6, 6.07) is 16.9. The Morgan fingerprint density at radius 3 is 2.45 bits per heavy atom. The molecule has 1 atom stereocenters. The van der Waals surface area contributed by atoms with E-state index in [1.165, 1.54) is 25.2 Å². The van der Waals surface area contributed by atoms with Gasteiger partial charge in [-0.05, 0) is 70.4 Å². The molecular weight excluding hydrogens is 554 g/mol. The molecule has 3 aromatic rings. The molecule has 8 nitrogen and oxygen atoms in total. The number of amides is 1. The number of benzene rings is 3. The van der Waals surface area contributed by atoms with Crippen LogP contribution in [0.15, 0.2) is 70.7 Å². The smallest absolute Gasteiger partial charge is 0.295 e. The van der Waals surface area contributed by atoms with Crippen LogP contribution >= 0.6 is 15.9 Å². The molecule has 0 saturated carbocycles. The van der Waals surface area contributed by atoms with Gasteiger partial charge in [0.25, 0.3) is 11.7 Å². The molecule has 2 N–H and O–H groups in total. The molecule has 0 aromatic heterocycles. The summed E-state index contributed by atoms with van der Waals surface area (Å²) >= 11 is 3.30. The fourth-order valence-electron chi connectivity index (χ4n) is 4.39. The van der Waals surface area contributed by atoms with Crippen molar-refractivity contribution in [1.82, 2.24) is 4.90 Å². The Kier molecular flexibility index (Phi) is 8.38. The number of methoxy groups -OCH3 is 2. The molecule has 198 valence electrons. The summed E-state index contributed by atoms with van der Waals surface area (Å²) < 4.78 is 16.6. The first-order valence-electron chi connectivity index (χ1n) is 11.9. The number of aryl methyl sites for hydroxylation is 1. The largest absolute Gasteiger partial charge is 0.507 e. The van der Waals surface area contributed by atoms with Crippen molar-refractivity contribution in [2.75, 3.05) is 27.4 Å². The summed E-state index contributed by atoms with van der Waals surface area (Å²) in [4.78, 5) is 27.5. The molecule has 0 spiro atoms. The van der Waals surface area contributed by atoms with Crippen molar-refractivity contribution >= 4 is 33.4 Å². The quantitative estimate of drug-likeness (QED) is 0.205. The normalized spacial score (nSPS) is 16.6. The highest BCUT2D eigenvalue weighted by Crippen LogP contribution is 2.44. The van der Waals surface area contributed by atoms with E-state index in [9.17, 15) is 19.8 Å². The third-order valence-electron chi connectivity index (χ3n) is 6.28. The number of nitrogens with zero attached hydrogens (tertiary/aromatic N) is 1. The van der Waals surface area contributed by atoms with E-state index in [2.05, 4.69) is 15.9 Å². The van der Waals surface area contributed by atoms with Crippen LogP contribution in [0.1, 0.15) is 28.3 Å². The first kappa shape index (κ1) is 27.2. The molecule has 1 heterocycles. The Morgan fingerprint density at radius 2 is 1.79 bits per heavy atom. The van der Waals surface area contributed by atoms with Gasteiger partial charge in [-0.1, -0.05) is 29.8 Å². The predicted molar refractivity (Wildman–Crippen MR) is 145 cm³/mol. The number of ether oxygens (including phenoxy) is 3. The van der Waals surface area contributed by atoms with E-state index in [1.807, 2.05) is 31.2 Å². The van der Waals surface area contributed by atoms with Crippen LogP contribution < -0.4 is 9.47 Å². The van der Waals surface area contributed by atoms with Crippen molar-refractivity contribution in [3.8, 4) is 17.2 Å². The molecular formula is C29H28BrNO7. The Balaban J connectivity index is 1.70. The van der Waals surface area contributed by atoms with Crippen LogP contribution in [0.5, 0.6) is 17.2 Å². The van der Waals surface area contributed by atoms with Crippen LogP contribution in [0.25, 0.3) is 5.76 Å². The number of phenolic OH excluding ortho intramolecular Hbond substituents is 1. The zero-order chi connectivity index (χ0) is 27.4. The molecule has 9 heteroatoms. The lowest BCUT2D eigenvalue weighted by molar-refractivity contribution is -0.140. The molecule has 1 aliphatic heterocycles. The molecule has 1 fully saturated rings. The fourth-order valence-corrected chi connectivity index (χ4v) is 4.85. The highest BCUT2D eigenvalue weighted by atomic mass is 79.9. The van der Waals surface area contributed by atoms with E-state index in [4.69, 9.17) is 14.2 Å². The van der Waals surface area contributed by atoms with Gasteiger partial charge in [-0.15, -0.1) is 0 Å². The monoisotopic (exact) mass is 581 g/mol. The van der Waals surface area contributed by atoms with E-state index in [1.54, 1.807) is 30.3 Å². The second-order valence-electron chi connectivity index (χ2n) is 8.84. The molecule has 1 unspecified atom stereocenters. The minimum atomic E-state index is -0.923. The number of aromatic hydroxyl groups is 1. The lowest BCUT2D eigenvalue weighted by atomic mass is 9.95. The van der Waals surface area contributed by atoms with E-state index in [-0.39, 0.29) is 36.0 Å². The van der Waals surface area contributed by atoms with Crippen molar-refractivity contribution in [1.29, 1.82) is 0 Å². The second kappa shape index (κ2) is 11.7. The Morgan fingerprint density at radius 1 is 1.05 bits per heavy atom. The van der Waals surface area contributed by atoms with Gasteiger partial charge in [-0.3, -0.25) is 9.59 Å². The van der Waals surface area contributed by atoms with Gasteiger partial charge in [0.15, 0.2) is 11.5 Å². The first-order chi connectivity index (χ1) is 18.2. The summed E-state index contributed by atoms with van der Waals surface area (Å²) in [7, 11) is 2.89. The number of carbonyl (C=O) groups is 2. The van der Waals surface area contributed by atoms with E-state index in [0.29, 0.717) is 28.0 Å². The van der Waals surface area contributed by atoms with Gasteiger partial charge in [-0.25, -0.2) is 0 Å². The summed E-state index contributed by atoms with van der Waals surface area (Å²) in [6.07, 6.45) is 0. The summed E-state index contributed by atoms with van der Waals surface area (Å²) in [5, 5.41) is 21.6. The van der Waals surface area contributed by atoms with Gasteiger partial charge in [0, 0.05) is 19.2 Å². The number of aliphatic hydroxyl groups is 1. The predicted octanol–water partition coefficient (Wildman–Crippen LogP) is 5.12. The topological polar surface area (TPSA) is 106 Å². The number of carbonyl (C=O) groups excluding carboxylic acids is 2. The maximum absolute atomic E-state index is 13.2. The zero-order valence-electron chi connectivity index (χ0n) is 21.2. The van der Waals surface area contributed by atoms with Crippen LogP contribution in [-0.4, -0.2) is 54.2 Å². The molecule has 0 radical (unpaired) electrons.